The molecule has 0 amide bonds. The van der Waals surface area contributed by atoms with E-state index in [9.17, 15) is 27.9 Å². The number of hydrogen-bond acceptors (Lipinski definition) is 4. The Labute approximate surface area is 193 Å². The van der Waals surface area contributed by atoms with Gasteiger partial charge in [-0.25, -0.2) is 0 Å². The molecule has 0 unspecified atom stereocenters. The first-order chi connectivity index (χ1) is 10.4. The van der Waals surface area contributed by atoms with E-state index in [1.807, 2.05) is 26.8 Å². The largest absolute Gasteiger partial charge is 1.00 e. The van der Waals surface area contributed by atoms with E-state index in [4.69, 9.17) is 0 Å². The molecule has 0 rings (SSSR count). The summed E-state index contributed by atoms with van der Waals surface area (Å²) in [4.78, 5) is 32.0. The predicted molar refractivity (Wildman–Crippen MR) is 83.0 cm³/mol. The summed E-state index contributed by atoms with van der Waals surface area (Å²) < 4.78 is 36.5. The molecule has 4 nitrogen and oxygen atoms in total. The predicted octanol–water partition coefficient (Wildman–Crippen LogP) is -2.51. The number of carbonyl (C=O) groups is 1. The monoisotopic (exact) mass is 394 g/mol. The molecule has 0 bridgehead atoms. The number of hydrogen-bond donors (Lipinski definition) is 0. The van der Waals surface area contributed by atoms with Gasteiger partial charge in [0.25, 0.3) is 0 Å². The summed E-state index contributed by atoms with van der Waals surface area (Å²) in [6.45, 7) is 7.44. The van der Waals surface area contributed by atoms with Gasteiger partial charge in [-0.1, -0.05) is 28.9 Å². The van der Waals surface area contributed by atoms with Gasteiger partial charge in [-0.05, 0) is 59.5 Å². The average molecular weight is 394 g/mol. The second-order valence-electron chi connectivity index (χ2n) is 5.80. The van der Waals surface area contributed by atoms with Crippen molar-refractivity contribution in [2.45, 2.75) is 59.0 Å². The van der Waals surface area contributed by atoms with Crippen molar-refractivity contribution in [3.63, 3.8) is 0 Å². The Kier molecular flexibility index (Phi) is 17.1. The smallest absolute Gasteiger partial charge is 0.806 e. The summed E-state index contributed by atoms with van der Waals surface area (Å²) in [6, 6.07) is 0. The standard InChI is InChI=1S/C16H25F2O4P.2Na/c1-12(2)7-5-8-13(3)9-6-10-14(4)11-15(19)16(17,18)23(20,21)22;;/h7,9,11H,5-6,8,10H2,1-4H3,(H2,20,21,22);;/q;2*+1/p-2/b13-9+,14-11-;;. The van der Waals surface area contributed by atoms with E-state index >= 15 is 0 Å². The summed E-state index contributed by atoms with van der Waals surface area (Å²) in [6.07, 6.45) is 7.30. The van der Waals surface area contributed by atoms with Gasteiger partial charge in [0, 0.05) is 7.60 Å². The molecule has 0 fully saturated rings. The normalized spacial score (nSPS) is 12.8. The molecule has 0 aromatic rings. The minimum Gasteiger partial charge on any atom is -0.806 e. The fraction of sp³-hybridized carbons (Fsp3) is 0.562. The summed E-state index contributed by atoms with van der Waals surface area (Å²) >= 11 is 0. The zero-order valence-electron chi connectivity index (χ0n) is 15.9. The van der Waals surface area contributed by atoms with Crippen LogP contribution in [-0.4, -0.2) is 11.4 Å². The van der Waals surface area contributed by atoms with Gasteiger partial charge < -0.3 is 14.4 Å². The molecule has 0 aliphatic heterocycles. The number of halogens is 2. The van der Waals surface area contributed by atoms with Crippen LogP contribution < -0.4 is 68.9 Å². The zero-order chi connectivity index (χ0) is 18.3. The Balaban J connectivity index is -0.00000242. The van der Waals surface area contributed by atoms with E-state index in [0.29, 0.717) is 24.5 Å². The molecule has 0 heterocycles. The van der Waals surface area contributed by atoms with E-state index in [1.165, 1.54) is 12.5 Å². The first kappa shape index (κ1) is 30.6. The van der Waals surface area contributed by atoms with Crippen molar-refractivity contribution in [1.29, 1.82) is 0 Å². The third-order valence-electron chi connectivity index (χ3n) is 3.14. The van der Waals surface area contributed by atoms with Gasteiger partial charge in [-0.3, -0.25) is 4.79 Å². The molecule has 0 aromatic heterocycles. The number of rotatable bonds is 9. The molecular formula is C16H23F2Na2O4P. The number of carbonyl (C=O) groups excluding carboxylic acids is 1. The SMILES string of the molecule is CC(C)=CCC/C(C)=C/CC/C(C)=C\C(=O)C(F)(F)P(=O)([O-])[O-].[Na+].[Na+]. The van der Waals surface area contributed by atoms with Crippen molar-refractivity contribution in [2.75, 3.05) is 0 Å². The van der Waals surface area contributed by atoms with Crippen LogP contribution in [-0.2, 0) is 9.36 Å². The molecule has 0 atom stereocenters. The average Bonchev–Trinajstić information content (AvgIpc) is 2.36. The molecule has 132 valence electrons. The van der Waals surface area contributed by atoms with Crippen LogP contribution in [0.5, 0.6) is 0 Å². The second-order valence-corrected chi connectivity index (χ2v) is 7.36. The van der Waals surface area contributed by atoms with Crippen LogP contribution in [0.15, 0.2) is 34.9 Å². The summed E-state index contributed by atoms with van der Waals surface area (Å²) in [5, 5.41) is 0. The third kappa shape index (κ3) is 12.8. The minimum atomic E-state index is -6.29. The topological polar surface area (TPSA) is 80.3 Å². The molecule has 0 aromatic carbocycles. The van der Waals surface area contributed by atoms with Crippen molar-refractivity contribution in [3.05, 3.63) is 34.9 Å². The van der Waals surface area contributed by atoms with E-state index in [2.05, 4.69) is 6.08 Å². The fourth-order valence-corrected chi connectivity index (χ4v) is 2.09. The maximum Gasteiger partial charge on any atom is 1.00 e. The Morgan fingerprint density at radius 3 is 1.84 bits per heavy atom. The Morgan fingerprint density at radius 1 is 0.960 bits per heavy atom. The van der Waals surface area contributed by atoms with Crippen molar-refractivity contribution in [1.82, 2.24) is 0 Å². The van der Waals surface area contributed by atoms with Crippen molar-refractivity contribution in [2.24, 2.45) is 0 Å². The Morgan fingerprint density at radius 2 is 1.40 bits per heavy atom. The molecule has 25 heavy (non-hydrogen) atoms. The first-order valence-electron chi connectivity index (χ1n) is 7.28. The van der Waals surface area contributed by atoms with Crippen molar-refractivity contribution in [3.8, 4) is 0 Å². The van der Waals surface area contributed by atoms with Crippen LogP contribution in [0.25, 0.3) is 0 Å². The fourth-order valence-electron chi connectivity index (χ4n) is 1.75. The van der Waals surface area contributed by atoms with E-state index in [-0.39, 0.29) is 59.1 Å². The van der Waals surface area contributed by atoms with Crippen LogP contribution in [0.2, 0.25) is 0 Å². The van der Waals surface area contributed by atoms with Gasteiger partial charge >= 0.3 is 64.8 Å². The van der Waals surface area contributed by atoms with E-state index < -0.39 is 19.0 Å². The summed E-state index contributed by atoms with van der Waals surface area (Å²) in [5.74, 6) is -1.98. The van der Waals surface area contributed by atoms with Crippen LogP contribution in [0.3, 0.4) is 0 Å². The first-order valence-corrected chi connectivity index (χ1v) is 8.82. The molecule has 0 saturated carbocycles. The molecule has 0 aliphatic carbocycles. The van der Waals surface area contributed by atoms with Gasteiger partial charge in [0.1, 0.15) is 0 Å². The van der Waals surface area contributed by atoms with Gasteiger partial charge in [-0.2, -0.15) is 8.78 Å². The van der Waals surface area contributed by atoms with E-state index in [1.54, 1.807) is 0 Å². The summed E-state index contributed by atoms with van der Waals surface area (Å²) in [5.41, 5.74) is -2.19. The summed E-state index contributed by atoms with van der Waals surface area (Å²) in [7, 11) is -6.29. The van der Waals surface area contributed by atoms with Gasteiger partial charge in [0.15, 0.2) is 0 Å². The van der Waals surface area contributed by atoms with Gasteiger partial charge in [0.05, 0.1) is 0 Å². The number of ketones is 1. The van der Waals surface area contributed by atoms with Gasteiger partial charge in [0.2, 0.25) is 5.78 Å². The molecule has 0 saturated heterocycles. The Bertz CT molecular complexity index is 562. The quantitative estimate of drug-likeness (QED) is 0.187. The zero-order valence-corrected chi connectivity index (χ0v) is 20.8. The second kappa shape index (κ2) is 14.0. The van der Waals surface area contributed by atoms with Crippen LogP contribution in [0.4, 0.5) is 8.78 Å². The third-order valence-corrected chi connectivity index (χ3v) is 4.05. The van der Waals surface area contributed by atoms with Gasteiger partial charge in [-0.15, -0.1) is 0 Å². The van der Waals surface area contributed by atoms with Crippen molar-refractivity contribution >= 4 is 13.4 Å². The van der Waals surface area contributed by atoms with Crippen molar-refractivity contribution < 1.29 is 87.0 Å². The molecule has 0 N–H and O–H groups in total. The molecule has 9 heteroatoms. The van der Waals surface area contributed by atoms with Crippen LogP contribution in [0.1, 0.15) is 53.4 Å². The van der Waals surface area contributed by atoms with Crippen LogP contribution >= 0.6 is 7.60 Å². The number of allylic oxidation sites excluding steroid dienone is 6. The van der Waals surface area contributed by atoms with Crippen LogP contribution in [0, 0.1) is 0 Å². The maximum atomic E-state index is 13.0. The molecule has 0 aliphatic rings. The van der Waals surface area contributed by atoms with E-state index in [0.717, 1.165) is 18.4 Å². The number of alkyl halides is 2. The molecular weight excluding hydrogens is 371 g/mol. The molecule has 0 radical (unpaired) electrons. The maximum absolute atomic E-state index is 13.0. The Hall–Kier alpha value is 0.900. The minimum absolute atomic E-state index is 0. The molecule has 0 spiro atoms.